The van der Waals surface area contributed by atoms with E-state index in [1.54, 1.807) is 11.3 Å². The molecule has 0 bridgehead atoms. The molecule has 0 aliphatic rings. The van der Waals surface area contributed by atoms with E-state index in [-0.39, 0.29) is 0 Å². The van der Waals surface area contributed by atoms with Crippen molar-refractivity contribution in [2.75, 3.05) is 32.9 Å². The molecule has 1 heterocycles. The molecule has 0 saturated carbocycles. The van der Waals surface area contributed by atoms with E-state index in [1.807, 2.05) is 27.8 Å². The summed E-state index contributed by atoms with van der Waals surface area (Å²) in [6.07, 6.45) is 2.13. The van der Waals surface area contributed by atoms with Crippen molar-refractivity contribution in [3.8, 4) is 0 Å². The van der Waals surface area contributed by atoms with Crippen LogP contribution in [-0.4, -0.2) is 57.8 Å². The van der Waals surface area contributed by atoms with Crippen molar-refractivity contribution in [3.63, 3.8) is 0 Å². The van der Waals surface area contributed by atoms with Gasteiger partial charge in [-0.05, 0) is 38.6 Å². The Labute approximate surface area is 144 Å². The van der Waals surface area contributed by atoms with E-state index in [0.717, 1.165) is 31.7 Å². The van der Waals surface area contributed by atoms with E-state index in [9.17, 15) is 8.42 Å². The Balaban J connectivity index is 2.67. The molecule has 132 valence electrons. The Morgan fingerprint density at radius 2 is 2.13 bits per heavy atom. The van der Waals surface area contributed by atoms with Crippen molar-refractivity contribution in [3.05, 3.63) is 22.4 Å². The maximum atomic E-state index is 11.4. The highest BCUT2D eigenvalue weighted by atomic mass is 32.2. The summed E-state index contributed by atoms with van der Waals surface area (Å²) in [4.78, 5) is 7.99. The fourth-order valence-electron chi connectivity index (χ4n) is 2.12. The SMILES string of the molecule is CCNC(=NCC(C)(C)NS(C)(=O)=O)N(C)CCc1cccs1. The van der Waals surface area contributed by atoms with E-state index in [2.05, 4.69) is 37.4 Å². The molecule has 0 atom stereocenters. The quantitative estimate of drug-likeness (QED) is 0.544. The normalized spacial score (nSPS) is 13.2. The van der Waals surface area contributed by atoms with Crippen LogP contribution in [0.2, 0.25) is 0 Å². The number of rotatable bonds is 8. The molecule has 8 heteroatoms. The Morgan fingerprint density at radius 3 is 2.65 bits per heavy atom. The second kappa shape index (κ2) is 8.65. The Hall–Kier alpha value is -1.12. The topological polar surface area (TPSA) is 73.8 Å². The number of hydrogen-bond acceptors (Lipinski definition) is 4. The molecule has 2 N–H and O–H groups in total. The second-order valence-corrected chi connectivity index (χ2v) is 8.96. The lowest BCUT2D eigenvalue weighted by Gasteiger charge is -2.26. The predicted octanol–water partition coefficient (Wildman–Crippen LogP) is 1.52. The number of hydrogen-bond donors (Lipinski definition) is 2. The van der Waals surface area contributed by atoms with E-state index in [0.29, 0.717) is 6.54 Å². The van der Waals surface area contributed by atoms with E-state index >= 15 is 0 Å². The number of aliphatic imine (C=N–C) groups is 1. The van der Waals surface area contributed by atoms with Gasteiger partial charge in [0.05, 0.1) is 12.8 Å². The Bertz CT molecular complexity index is 595. The number of sulfonamides is 1. The van der Waals surface area contributed by atoms with Gasteiger partial charge >= 0.3 is 0 Å². The number of nitrogens with zero attached hydrogens (tertiary/aromatic N) is 2. The van der Waals surface area contributed by atoms with Gasteiger partial charge in [-0.3, -0.25) is 4.99 Å². The van der Waals surface area contributed by atoms with Gasteiger partial charge in [-0.1, -0.05) is 6.07 Å². The van der Waals surface area contributed by atoms with Crippen LogP contribution in [0, 0.1) is 0 Å². The first-order valence-corrected chi connectivity index (χ1v) is 10.4. The Morgan fingerprint density at radius 1 is 1.43 bits per heavy atom. The van der Waals surface area contributed by atoms with Crippen LogP contribution in [0.5, 0.6) is 0 Å². The van der Waals surface area contributed by atoms with Gasteiger partial charge in [0.15, 0.2) is 5.96 Å². The highest BCUT2D eigenvalue weighted by Crippen LogP contribution is 2.10. The van der Waals surface area contributed by atoms with Crippen molar-refractivity contribution in [2.45, 2.75) is 32.7 Å². The van der Waals surface area contributed by atoms with Crippen molar-refractivity contribution in [1.29, 1.82) is 0 Å². The molecule has 6 nitrogen and oxygen atoms in total. The van der Waals surface area contributed by atoms with Crippen LogP contribution < -0.4 is 10.0 Å². The van der Waals surface area contributed by atoms with Crippen molar-refractivity contribution in [1.82, 2.24) is 14.9 Å². The van der Waals surface area contributed by atoms with Gasteiger partial charge in [0.25, 0.3) is 0 Å². The molecule has 1 aromatic heterocycles. The number of likely N-dealkylation sites (N-methyl/N-ethyl adjacent to an activating group) is 1. The van der Waals surface area contributed by atoms with Crippen molar-refractivity contribution < 1.29 is 8.42 Å². The average molecular weight is 361 g/mol. The van der Waals surface area contributed by atoms with Gasteiger partial charge in [-0.15, -0.1) is 11.3 Å². The summed E-state index contributed by atoms with van der Waals surface area (Å²) in [5.74, 6) is 0.785. The Kier molecular flexibility index (Phi) is 7.50. The van der Waals surface area contributed by atoms with Crippen LogP contribution >= 0.6 is 11.3 Å². The first kappa shape index (κ1) is 19.9. The molecule has 23 heavy (non-hydrogen) atoms. The molecule has 1 aromatic rings. The van der Waals surface area contributed by atoms with Crippen LogP contribution in [0.1, 0.15) is 25.6 Å². The average Bonchev–Trinajstić information content (AvgIpc) is 2.91. The minimum absolute atomic E-state index is 0.367. The molecule has 0 aromatic carbocycles. The zero-order chi connectivity index (χ0) is 17.5. The van der Waals surface area contributed by atoms with Crippen LogP contribution in [0.25, 0.3) is 0 Å². The maximum Gasteiger partial charge on any atom is 0.209 e. The molecule has 0 aliphatic heterocycles. The summed E-state index contributed by atoms with van der Waals surface area (Å²) in [6, 6.07) is 4.18. The first-order valence-electron chi connectivity index (χ1n) is 7.64. The summed E-state index contributed by atoms with van der Waals surface area (Å²) in [7, 11) is -1.26. The first-order chi connectivity index (χ1) is 10.6. The largest absolute Gasteiger partial charge is 0.357 e. The monoisotopic (exact) mass is 360 g/mol. The van der Waals surface area contributed by atoms with Gasteiger partial charge in [0, 0.05) is 30.6 Å². The lowest BCUT2D eigenvalue weighted by molar-refractivity contribution is 0.450. The zero-order valence-corrected chi connectivity index (χ0v) is 16.2. The number of guanidine groups is 1. The van der Waals surface area contributed by atoms with Crippen molar-refractivity contribution in [2.24, 2.45) is 4.99 Å². The minimum atomic E-state index is -3.25. The molecular formula is C15H28N4O2S2. The second-order valence-electron chi connectivity index (χ2n) is 6.18. The standard InChI is InChI=1S/C15H28N4O2S2/c1-6-16-14(17-12-15(2,3)18-23(5,20)21)19(4)10-9-13-8-7-11-22-13/h7-8,11,18H,6,9-10,12H2,1-5H3,(H,16,17). The van der Waals surface area contributed by atoms with E-state index in [1.165, 1.54) is 4.88 Å². The van der Waals surface area contributed by atoms with Crippen LogP contribution in [0.3, 0.4) is 0 Å². The van der Waals surface area contributed by atoms with Crippen molar-refractivity contribution >= 4 is 27.3 Å². The van der Waals surface area contributed by atoms with E-state index < -0.39 is 15.6 Å². The minimum Gasteiger partial charge on any atom is -0.357 e. The number of nitrogens with one attached hydrogen (secondary N) is 2. The van der Waals surface area contributed by atoms with Crippen LogP contribution in [0.4, 0.5) is 0 Å². The molecular weight excluding hydrogens is 332 g/mol. The molecule has 0 unspecified atom stereocenters. The third kappa shape index (κ3) is 8.34. The third-order valence-corrected chi connectivity index (χ3v) is 4.92. The fourth-order valence-corrected chi connectivity index (χ4v) is 3.88. The molecule has 0 radical (unpaired) electrons. The maximum absolute atomic E-state index is 11.4. The summed E-state index contributed by atoms with van der Waals surface area (Å²) >= 11 is 1.75. The van der Waals surface area contributed by atoms with Gasteiger partial charge in [0.1, 0.15) is 0 Å². The number of thiophene rings is 1. The molecule has 0 amide bonds. The lowest BCUT2D eigenvalue weighted by atomic mass is 10.1. The highest BCUT2D eigenvalue weighted by Gasteiger charge is 2.22. The molecule has 0 spiro atoms. The summed E-state index contributed by atoms with van der Waals surface area (Å²) < 4.78 is 25.4. The summed E-state index contributed by atoms with van der Waals surface area (Å²) in [5, 5.41) is 5.33. The summed E-state index contributed by atoms with van der Waals surface area (Å²) in [5.41, 5.74) is -0.622. The molecule has 0 saturated heterocycles. The fraction of sp³-hybridized carbons (Fsp3) is 0.667. The highest BCUT2D eigenvalue weighted by molar-refractivity contribution is 7.88. The predicted molar refractivity (Wildman–Crippen MR) is 98.7 cm³/mol. The van der Waals surface area contributed by atoms with Gasteiger partial charge in [-0.25, -0.2) is 13.1 Å². The smallest absolute Gasteiger partial charge is 0.209 e. The molecule has 1 rings (SSSR count). The van der Waals surface area contributed by atoms with Gasteiger partial charge in [-0.2, -0.15) is 0 Å². The van der Waals surface area contributed by atoms with Gasteiger partial charge < -0.3 is 10.2 Å². The zero-order valence-electron chi connectivity index (χ0n) is 14.6. The molecule has 0 aliphatic carbocycles. The van der Waals surface area contributed by atoms with E-state index in [4.69, 9.17) is 0 Å². The van der Waals surface area contributed by atoms with Crippen LogP contribution in [0.15, 0.2) is 22.5 Å². The van der Waals surface area contributed by atoms with Gasteiger partial charge in [0.2, 0.25) is 10.0 Å². The van der Waals surface area contributed by atoms with Crippen LogP contribution in [-0.2, 0) is 16.4 Å². The third-order valence-electron chi connectivity index (χ3n) is 3.06. The lowest BCUT2D eigenvalue weighted by Crippen LogP contribution is -2.47. The summed E-state index contributed by atoms with van der Waals surface area (Å²) in [6.45, 7) is 7.65. The molecule has 0 fully saturated rings.